The molecule has 3 fully saturated rings. The molecule has 16 heavy (non-hydrogen) atoms. The van der Waals surface area contributed by atoms with Gasteiger partial charge < -0.3 is 0 Å². The topological polar surface area (TPSA) is 9.72 Å². The lowest BCUT2D eigenvalue weighted by Crippen LogP contribution is -2.50. The molecule has 92 valence electrons. The van der Waals surface area contributed by atoms with Gasteiger partial charge in [0.25, 0.3) is 11.5 Å². The van der Waals surface area contributed by atoms with E-state index in [1.807, 2.05) is 0 Å². The third-order valence-corrected chi connectivity index (χ3v) is 6.37. The van der Waals surface area contributed by atoms with Gasteiger partial charge >= 0.3 is 0 Å². The summed E-state index contributed by atoms with van der Waals surface area (Å²) < 4.78 is 8.28. The summed E-state index contributed by atoms with van der Waals surface area (Å²) in [5, 5.41) is 0. The van der Waals surface area contributed by atoms with Crippen LogP contribution in [0.5, 0.6) is 0 Å². The molecule has 0 aliphatic carbocycles. The van der Waals surface area contributed by atoms with Crippen LogP contribution in [0, 0.1) is 0 Å². The van der Waals surface area contributed by atoms with Crippen LogP contribution in [-0.4, -0.2) is 52.2 Å². The average Bonchev–Trinajstić information content (AvgIpc) is 3.02. The van der Waals surface area contributed by atoms with E-state index >= 15 is 0 Å². The molecule has 3 nitrogen and oxygen atoms in total. The molecule has 0 unspecified atom stereocenters. The van der Waals surface area contributed by atoms with Gasteiger partial charge in [-0.3, -0.25) is 0 Å². The Labute approximate surface area is 103 Å². The summed E-state index contributed by atoms with van der Waals surface area (Å²) in [5.41, 5.74) is 0. The fourth-order valence-electron chi connectivity index (χ4n) is 3.04. The molecule has 0 spiro atoms. The molecule has 0 N–H and O–H groups in total. The summed E-state index contributed by atoms with van der Waals surface area (Å²) >= 11 is 0.350. The zero-order valence-corrected chi connectivity index (χ0v) is 11.1. The Hall–Kier alpha value is 0.230. The Bertz CT molecular complexity index is 180. The maximum absolute atomic E-state index is 2.76. The van der Waals surface area contributed by atoms with Crippen LogP contribution in [0.3, 0.4) is 0 Å². The van der Waals surface area contributed by atoms with Gasteiger partial charge in [0, 0.05) is 39.3 Å². The van der Waals surface area contributed by atoms with E-state index in [1.54, 1.807) is 0 Å². The first kappa shape index (κ1) is 11.3. The number of nitrogens with zero attached hydrogens (tertiary/aromatic N) is 3. The zero-order chi connectivity index (χ0) is 10.8. The van der Waals surface area contributed by atoms with Crippen LogP contribution in [-0.2, 0) is 11.5 Å². The van der Waals surface area contributed by atoms with Gasteiger partial charge in [-0.1, -0.05) is 12.9 Å². The van der Waals surface area contributed by atoms with Crippen molar-refractivity contribution in [3.05, 3.63) is 0 Å². The predicted octanol–water partition coefficient (Wildman–Crippen LogP) is 1.64. The minimum Gasteiger partial charge on any atom is -0.0881 e. The Morgan fingerprint density at radius 2 is 0.688 bits per heavy atom. The predicted molar refractivity (Wildman–Crippen MR) is 69.8 cm³/mol. The first-order chi connectivity index (χ1) is 7.95. The maximum atomic E-state index is 2.76. The molecule has 0 saturated carbocycles. The van der Waals surface area contributed by atoms with Crippen LogP contribution in [0.4, 0.5) is 0 Å². The second-order valence-electron chi connectivity index (χ2n) is 5.15. The molecule has 0 bridgehead atoms. The van der Waals surface area contributed by atoms with Crippen molar-refractivity contribution in [2.75, 3.05) is 39.3 Å². The molecule has 0 atom stereocenters. The van der Waals surface area contributed by atoms with E-state index in [-0.39, 0.29) is 0 Å². The highest BCUT2D eigenvalue weighted by molar-refractivity contribution is 7.90. The van der Waals surface area contributed by atoms with Gasteiger partial charge in [0.1, 0.15) is 0 Å². The van der Waals surface area contributed by atoms with Crippen molar-refractivity contribution in [2.45, 2.75) is 38.5 Å². The van der Waals surface area contributed by atoms with Gasteiger partial charge in [-0.25, -0.2) is 0 Å². The number of rotatable bonds is 3. The third-order valence-electron chi connectivity index (χ3n) is 3.89. The monoisotopic (exact) mass is 242 g/mol. The lowest BCUT2D eigenvalue weighted by Gasteiger charge is -2.27. The first-order valence-electron chi connectivity index (χ1n) is 6.95. The molecular weight excluding hydrogens is 218 g/mol. The second kappa shape index (κ2) is 5.25. The molecular formula is C12H24N3S+. The standard InChI is InChI=1S/C12H24N3S/c1-2-8-13(7-1)16(14-9-3-4-10-14)15-11-5-6-12-15/h1-12H2/q+1. The first-order valence-corrected chi connectivity index (χ1v) is 8.04. The SMILES string of the molecule is C1CCN([S+](N2CCCC2)N2CCCC2)C1. The van der Waals surface area contributed by atoms with E-state index in [0.717, 1.165) is 0 Å². The van der Waals surface area contributed by atoms with Crippen molar-refractivity contribution in [1.82, 2.24) is 12.9 Å². The average molecular weight is 242 g/mol. The lowest BCUT2D eigenvalue weighted by molar-refractivity contribution is 0.416. The Balaban J connectivity index is 1.70. The summed E-state index contributed by atoms with van der Waals surface area (Å²) in [5.74, 6) is 0. The molecule has 0 aromatic rings. The summed E-state index contributed by atoms with van der Waals surface area (Å²) in [4.78, 5) is 0. The minimum absolute atomic E-state index is 0.350. The van der Waals surface area contributed by atoms with Crippen LogP contribution in [0.2, 0.25) is 0 Å². The maximum Gasteiger partial charge on any atom is 0.268 e. The lowest BCUT2D eigenvalue weighted by atomic mass is 10.4. The minimum atomic E-state index is 0.350. The van der Waals surface area contributed by atoms with Crippen LogP contribution in [0.1, 0.15) is 38.5 Å². The molecule has 0 amide bonds. The van der Waals surface area contributed by atoms with Crippen molar-refractivity contribution in [3.8, 4) is 0 Å². The van der Waals surface area contributed by atoms with Crippen LogP contribution >= 0.6 is 0 Å². The molecule has 0 radical (unpaired) electrons. The molecule has 3 saturated heterocycles. The summed E-state index contributed by atoms with van der Waals surface area (Å²) in [6.45, 7) is 8.06. The highest BCUT2D eigenvalue weighted by atomic mass is 32.2. The van der Waals surface area contributed by atoms with Gasteiger partial charge in [0.15, 0.2) is 0 Å². The normalized spacial score (nSPS) is 29.8. The van der Waals surface area contributed by atoms with E-state index in [1.165, 1.54) is 77.8 Å². The van der Waals surface area contributed by atoms with Gasteiger partial charge in [-0.05, 0) is 38.5 Å². The number of hydrogen-bond donors (Lipinski definition) is 0. The summed E-state index contributed by atoms with van der Waals surface area (Å²) in [7, 11) is 0. The highest BCUT2D eigenvalue weighted by Crippen LogP contribution is 2.28. The molecule has 3 aliphatic heterocycles. The number of hydrogen-bond acceptors (Lipinski definition) is 3. The molecule has 0 aromatic carbocycles. The van der Waals surface area contributed by atoms with E-state index in [0.29, 0.717) is 11.5 Å². The molecule has 0 aromatic heterocycles. The van der Waals surface area contributed by atoms with Crippen molar-refractivity contribution in [3.63, 3.8) is 0 Å². The smallest absolute Gasteiger partial charge is 0.0881 e. The van der Waals surface area contributed by atoms with E-state index < -0.39 is 0 Å². The third kappa shape index (κ3) is 2.26. The Morgan fingerprint density at radius 1 is 0.438 bits per heavy atom. The highest BCUT2D eigenvalue weighted by Gasteiger charge is 2.46. The Kier molecular flexibility index (Phi) is 3.72. The molecule has 3 aliphatic rings. The van der Waals surface area contributed by atoms with Gasteiger partial charge in [0.2, 0.25) is 0 Å². The Morgan fingerprint density at radius 3 is 0.938 bits per heavy atom. The largest absolute Gasteiger partial charge is 0.268 e. The van der Waals surface area contributed by atoms with E-state index in [2.05, 4.69) is 12.9 Å². The second-order valence-corrected chi connectivity index (χ2v) is 7.19. The molecule has 3 rings (SSSR count). The van der Waals surface area contributed by atoms with Crippen molar-refractivity contribution in [2.24, 2.45) is 0 Å². The van der Waals surface area contributed by atoms with Gasteiger partial charge in [0.05, 0.1) is 0 Å². The molecule has 4 heteroatoms. The summed E-state index contributed by atoms with van der Waals surface area (Å²) in [6, 6.07) is 0. The fraction of sp³-hybridized carbons (Fsp3) is 1.00. The molecule has 3 heterocycles. The van der Waals surface area contributed by atoms with Crippen LogP contribution in [0.25, 0.3) is 0 Å². The van der Waals surface area contributed by atoms with Crippen molar-refractivity contribution < 1.29 is 0 Å². The van der Waals surface area contributed by atoms with Crippen LogP contribution < -0.4 is 0 Å². The van der Waals surface area contributed by atoms with E-state index in [4.69, 9.17) is 0 Å². The quantitative estimate of drug-likeness (QED) is 0.697. The van der Waals surface area contributed by atoms with Crippen molar-refractivity contribution >= 4 is 11.5 Å². The fourth-order valence-corrected chi connectivity index (χ4v) is 5.78. The van der Waals surface area contributed by atoms with Gasteiger partial charge in [-0.2, -0.15) is 0 Å². The van der Waals surface area contributed by atoms with Gasteiger partial charge in [-0.15, -0.1) is 0 Å². The van der Waals surface area contributed by atoms with Crippen molar-refractivity contribution in [1.29, 1.82) is 0 Å². The zero-order valence-electron chi connectivity index (χ0n) is 10.2. The van der Waals surface area contributed by atoms with Crippen LogP contribution in [0.15, 0.2) is 0 Å². The van der Waals surface area contributed by atoms with E-state index in [9.17, 15) is 0 Å². The summed E-state index contributed by atoms with van der Waals surface area (Å²) in [6.07, 6.45) is 8.53.